The fourth-order valence-corrected chi connectivity index (χ4v) is 13.2. The Bertz CT molecular complexity index is 2080. The SMILES string of the molecule is CCC1(COCCCCCCOc2ccc3cc(C(=O)Oc4ccc(C(=O)OC5CCC6(C)C(=CCC7C6CCC6(C)C(C(C)CCCC(C)C)CCC76)C5)cc4)ccc3c2)COC1. The Morgan fingerprint density at radius 1 is 0.750 bits per heavy atom. The van der Waals surface area contributed by atoms with Crippen LogP contribution in [0.25, 0.3) is 10.8 Å². The van der Waals surface area contributed by atoms with E-state index in [4.69, 9.17) is 23.7 Å². The van der Waals surface area contributed by atoms with Crippen LogP contribution in [0.1, 0.15) is 165 Å². The highest BCUT2D eigenvalue weighted by atomic mass is 16.5. The van der Waals surface area contributed by atoms with Crippen LogP contribution in [-0.2, 0) is 14.2 Å². The maximum Gasteiger partial charge on any atom is 0.343 e. The van der Waals surface area contributed by atoms with Gasteiger partial charge < -0.3 is 23.7 Å². The topological polar surface area (TPSA) is 80.3 Å². The first kappa shape index (κ1) is 46.8. The van der Waals surface area contributed by atoms with Crippen LogP contribution in [-0.4, -0.2) is 51.1 Å². The van der Waals surface area contributed by atoms with Crippen LogP contribution in [0.5, 0.6) is 11.5 Å². The number of carbonyl (C=O) groups is 2. The predicted octanol–water partition coefficient (Wildman–Crippen LogP) is 14.0. The largest absolute Gasteiger partial charge is 0.494 e. The fraction of sp³-hybridized carbons (Fsp3) is 0.649. The zero-order chi connectivity index (χ0) is 44.9. The molecule has 5 aliphatic rings. The van der Waals surface area contributed by atoms with Crippen LogP contribution in [0.15, 0.2) is 72.3 Å². The van der Waals surface area contributed by atoms with Crippen molar-refractivity contribution in [3.63, 3.8) is 0 Å². The summed E-state index contributed by atoms with van der Waals surface area (Å²) in [5, 5.41) is 1.94. The van der Waals surface area contributed by atoms with E-state index < -0.39 is 5.97 Å². The molecule has 1 aliphatic heterocycles. The van der Waals surface area contributed by atoms with Crippen molar-refractivity contribution in [3.8, 4) is 11.5 Å². The molecule has 7 nitrogen and oxygen atoms in total. The van der Waals surface area contributed by atoms with Gasteiger partial charge in [-0.3, -0.25) is 0 Å². The van der Waals surface area contributed by atoms with Gasteiger partial charge in [0.25, 0.3) is 0 Å². The Morgan fingerprint density at radius 3 is 2.23 bits per heavy atom. The van der Waals surface area contributed by atoms with Gasteiger partial charge in [-0.05, 0) is 176 Å². The molecule has 1 heterocycles. The number of unbranched alkanes of at least 4 members (excludes halogenated alkanes) is 3. The lowest BCUT2D eigenvalue weighted by Gasteiger charge is -2.58. The van der Waals surface area contributed by atoms with E-state index in [1.165, 1.54) is 56.9 Å². The van der Waals surface area contributed by atoms with Crippen LogP contribution in [0.2, 0.25) is 0 Å². The average molecular weight is 875 g/mol. The van der Waals surface area contributed by atoms with Gasteiger partial charge in [0.05, 0.1) is 37.6 Å². The maximum atomic E-state index is 13.4. The van der Waals surface area contributed by atoms with Gasteiger partial charge in [0.1, 0.15) is 17.6 Å². The summed E-state index contributed by atoms with van der Waals surface area (Å²) in [7, 11) is 0. The van der Waals surface area contributed by atoms with Gasteiger partial charge in [0.15, 0.2) is 0 Å². The van der Waals surface area contributed by atoms with Gasteiger partial charge in [-0.15, -0.1) is 0 Å². The molecule has 0 radical (unpaired) electrons. The van der Waals surface area contributed by atoms with Crippen molar-refractivity contribution >= 4 is 22.7 Å². The molecule has 0 amide bonds. The molecule has 348 valence electrons. The summed E-state index contributed by atoms with van der Waals surface area (Å²) >= 11 is 0. The summed E-state index contributed by atoms with van der Waals surface area (Å²) in [6, 6.07) is 18.3. The molecular formula is C57H78O7. The highest BCUT2D eigenvalue weighted by Gasteiger charge is 2.59. The summed E-state index contributed by atoms with van der Waals surface area (Å²) < 4.78 is 29.3. The molecule has 3 saturated carbocycles. The first-order valence-corrected chi connectivity index (χ1v) is 25.4. The summed E-state index contributed by atoms with van der Waals surface area (Å²) in [5.41, 5.74) is 3.42. The van der Waals surface area contributed by atoms with Gasteiger partial charge in [0.2, 0.25) is 0 Å². The van der Waals surface area contributed by atoms with Gasteiger partial charge in [-0.1, -0.05) is 91.0 Å². The molecule has 64 heavy (non-hydrogen) atoms. The van der Waals surface area contributed by atoms with Crippen molar-refractivity contribution in [2.75, 3.05) is 33.0 Å². The minimum Gasteiger partial charge on any atom is -0.494 e. The highest BCUT2D eigenvalue weighted by Crippen LogP contribution is 2.67. The molecule has 8 atom stereocenters. The minimum atomic E-state index is -0.444. The number of esters is 2. The lowest BCUT2D eigenvalue weighted by Crippen LogP contribution is -2.51. The number of allylic oxidation sites excluding steroid dienone is 1. The number of ether oxygens (including phenoxy) is 5. The van der Waals surface area contributed by atoms with E-state index in [2.05, 4.69) is 47.6 Å². The van der Waals surface area contributed by atoms with E-state index >= 15 is 0 Å². The zero-order valence-electron chi connectivity index (χ0n) is 40.1. The molecule has 0 N–H and O–H groups in total. The molecule has 8 rings (SSSR count). The monoisotopic (exact) mass is 875 g/mol. The summed E-state index contributed by atoms with van der Waals surface area (Å²) in [6.45, 7) is 18.7. The van der Waals surface area contributed by atoms with E-state index in [0.29, 0.717) is 28.9 Å². The average Bonchev–Trinajstić information content (AvgIpc) is 3.64. The molecule has 3 aromatic carbocycles. The minimum absolute atomic E-state index is 0.111. The van der Waals surface area contributed by atoms with Crippen LogP contribution >= 0.6 is 0 Å². The first-order chi connectivity index (χ1) is 30.9. The molecular weight excluding hydrogens is 797 g/mol. The normalized spacial score (nSPS) is 28.6. The van der Waals surface area contributed by atoms with E-state index in [0.717, 1.165) is 130 Å². The second kappa shape index (κ2) is 20.5. The van der Waals surface area contributed by atoms with E-state index in [1.54, 1.807) is 30.3 Å². The van der Waals surface area contributed by atoms with Crippen molar-refractivity contribution in [2.45, 2.75) is 150 Å². The molecule has 3 aromatic rings. The molecule has 7 heteroatoms. The van der Waals surface area contributed by atoms with E-state index in [9.17, 15) is 9.59 Å². The maximum absolute atomic E-state index is 13.4. The van der Waals surface area contributed by atoms with Gasteiger partial charge >= 0.3 is 11.9 Å². The first-order valence-electron chi connectivity index (χ1n) is 25.4. The predicted molar refractivity (Wildman–Crippen MR) is 256 cm³/mol. The quantitative estimate of drug-likeness (QED) is 0.0484. The third-order valence-electron chi connectivity index (χ3n) is 17.3. The number of rotatable bonds is 20. The standard InChI is InChI=1S/C57H78O7/c1-7-57(37-61-38-57)36-60-31-10-8-9-11-32-62-47-23-19-42-33-44(16-15-43(42)34-47)54(59)63-46-21-17-41(18-22-46)53(58)64-48-27-29-55(5)45(35-48)20-24-49-51-26-25-50(40(4)14-12-13-39(2)3)56(51,6)30-28-52(49)55/h15-23,33-34,39-40,48-52H,7-14,24-32,35-38H2,1-6H3. The number of fused-ring (bicyclic) bond motifs is 6. The molecule has 0 bridgehead atoms. The van der Waals surface area contributed by atoms with Crippen molar-refractivity contribution in [1.82, 2.24) is 0 Å². The number of hydrogen-bond donors (Lipinski definition) is 0. The Hall–Kier alpha value is -3.68. The third-order valence-corrected chi connectivity index (χ3v) is 17.3. The number of benzene rings is 3. The molecule has 8 unspecified atom stereocenters. The van der Waals surface area contributed by atoms with Crippen molar-refractivity contribution in [3.05, 3.63) is 83.4 Å². The lowest BCUT2D eigenvalue weighted by molar-refractivity contribution is -0.150. The Labute approximate surface area is 384 Å². The van der Waals surface area contributed by atoms with Gasteiger partial charge in [-0.2, -0.15) is 0 Å². The van der Waals surface area contributed by atoms with Gasteiger partial charge in [-0.25, -0.2) is 9.59 Å². The Morgan fingerprint density at radius 2 is 1.48 bits per heavy atom. The molecule has 0 spiro atoms. The second-order valence-corrected chi connectivity index (χ2v) is 21.9. The number of carbonyl (C=O) groups excluding carboxylic acids is 2. The Balaban J connectivity index is 0.769. The number of hydrogen-bond acceptors (Lipinski definition) is 7. The highest BCUT2D eigenvalue weighted by molar-refractivity contribution is 5.97. The molecule has 4 aliphatic carbocycles. The van der Waals surface area contributed by atoms with Crippen LogP contribution < -0.4 is 9.47 Å². The van der Waals surface area contributed by atoms with Gasteiger partial charge in [0, 0.05) is 18.4 Å². The Kier molecular flexibility index (Phi) is 15.0. The smallest absolute Gasteiger partial charge is 0.343 e. The van der Waals surface area contributed by atoms with Crippen molar-refractivity contribution in [1.29, 1.82) is 0 Å². The van der Waals surface area contributed by atoms with Crippen molar-refractivity contribution in [2.24, 2.45) is 51.8 Å². The van der Waals surface area contributed by atoms with Crippen molar-refractivity contribution < 1.29 is 33.3 Å². The molecule has 0 aromatic heterocycles. The van der Waals surface area contributed by atoms with Crippen LogP contribution in [0.4, 0.5) is 0 Å². The summed E-state index contributed by atoms with van der Waals surface area (Å²) in [5.74, 6) is 5.32. The van der Waals surface area contributed by atoms with Crippen LogP contribution in [0.3, 0.4) is 0 Å². The van der Waals surface area contributed by atoms with Crippen LogP contribution in [0, 0.1) is 51.8 Å². The molecule has 1 saturated heterocycles. The zero-order valence-corrected chi connectivity index (χ0v) is 40.1. The second-order valence-electron chi connectivity index (χ2n) is 21.9. The van der Waals surface area contributed by atoms with E-state index in [1.807, 2.05) is 30.3 Å². The third kappa shape index (κ3) is 10.3. The summed E-state index contributed by atoms with van der Waals surface area (Å²) in [4.78, 5) is 26.6. The summed E-state index contributed by atoms with van der Waals surface area (Å²) in [6.07, 6.45) is 21.6. The molecule has 4 fully saturated rings. The van der Waals surface area contributed by atoms with E-state index in [-0.39, 0.29) is 22.9 Å². The lowest BCUT2D eigenvalue weighted by atomic mass is 9.47. The fourth-order valence-electron chi connectivity index (χ4n) is 13.2.